The molecule has 274 valence electrons. The van der Waals surface area contributed by atoms with E-state index >= 15 is 0 Å². The van der Waals surface area contributed by atoms with Crippen LogP contribution in [0.1, 0.15) is 110 Å². The summed E-state index contributed by atoms with van der Waals surface area (Å²) in [5.41, 5.74) is 2.53. The molecule has 2 amide bonds. The Hall–Kier alpha value is -3.16. The summed E-state index contributed by atoms with van der Waals surface area (Å²) in [6.07, 6.45) is 13.1. The predicted octanol–water partition coefficient (Wildman–Crippen LogP) is 7.23. The summed E-state index contributed by atoms with van der Waals surface area (Å²) in [5.74, 6) is 2.51. The van der Waals surface area contributed by atoms with E-state index in [1.54, 1.807) is 13.0 Å². The molecule has 1 aromatic carbocycles. The standard InChI is InChI=1S/C42H60N2O6/c1-27-7-10-31(11-8-27)12-16-39(48)44-23-21-43(22-24-44)38(47)15-9-28(2)34-13-14-35-40-36(18-20-42(34,35)6)41(5)19-17-33(49-29(3)45)25-32(41)26-37(40)50-30(4)46/h7-8,10-12,16,28,32-37,40H,9,13-15,17-26H2,1-6H3/b16-12+/t28-,32+,33-,34-,35+,36+,37+,40+,41+,42-/m1/s1. The Morgan fingerprint density at radius 2 is 1.48 bits per heavy atom. The molecule has 0 radical (unpaired) electrons. The fourth-order valence-electron chi connectivity index (χ4n) is 11.6. The fourth-order valence-corrected chi connectivity index (χ4v) is 11.6. The fraction of sp³-hybridized carbons (Fsp3) is 0.714. The molecule has 1 aliphatic heterocycles. The van der Waals surface area contributed by atoms with Gasteiger partial charge in [-0.1, -0.05) is 50.6 Å². The SMILES string of the molecule is CC(=O)O[C@@H]1CC[C@@]2(C)[C@@H](C1)C[C@H](OC(C)=O)[C@@H]1[C@@H]2CC[C@]2(C)[C@@H]([C@H](C)CCC(=O)N3CCN(C(=O)/C=C/c4ccc(C)cc4)CC3)CC[C@@H]12. The van der Waals surface area contributed by atoms with E-state index in [1.165, 1.54) is 18.9 Å². The van der Waals surface area contributed by atoms with E-state index < -0.39 is 0 Å². The van der Waals surface area contributed by atoms with Crippen LogP contribution in [0, 0.1) is 53.3 Å². The van der Waals surface area contributed by atoms with E-state index in [4.69, 9.17) is 9.47 Å². The number of carbonyl (C=O) groups is 4. The van der Waals surface area contributed by atoms with Crippen molar-refractivity contribution in [3.8, 4) is 0 Å². The van der Waals surface area contributed by atoms with E-state index in [0.29, 0.717) is 68.1 Å². The number of rotatable bonds is 8. The maximum Gasteiger partial charge on any atom is 0.302 e. The molecule has 6 rings (SSSR count). The topological polar surface area (TPSA) is 93.2 Å². The van der Waals surface area contributed by atoms with E-state index in [2.05, 4.69) is 20.8 Å². The number of ether oxygens (including phenoxy) is 2. The van der Waals surface area contributed by atoms with Crippen LogP contribution in [-0.2, 0) is 28.7 Å². The molecule has 8 nitrogen and oxygen atoms in total. The van der Waals surface area contributed by atoms with E-state index in [0.717, 1.165) is 56.9 Å². The molecule has 0 bridgehead atoms. The summed E-state index contributed by atoms with van der Waals surface area (Å²) in [7, 11) is 0. The first-order valence-corrected chi connectivity index (χ1v) is 19.4. The second kappa shape index (κ2) is 14.8. The van der Waals surface area contributed by atoms with Crippen LogP contribution in [0.3, 0.4) is 0 Å². The van der Waals surface area contributed by atoms with Gasteiger partial charge < -0.3 is 19.3 Å². The third-order valence-corrected chi connectivity index (χ3v) is 14.3. The lowest BCUT2D eigenvalue weighted by atomic mass is 9.43. The van der Waals surface area contributed by atoms with Gasteiger partial charge in [0.15, 0.2) is 0 Å². The van der Waals surface area contributed by atoms with E-state index in [9.17, 15) is 19.2 Å². The average Bonchev–Trinajstić information content (AvgIpc) is 3.44. The quantitative estimate of drug-likeness (QED) is 0.212. The number of aryl methyl sites for hydroxylation is 1. The zero-order chi connectivity index (χ0) is 35.8. The number of piperazine rings is 1. The second-order valence-electron chi connectivity index (χ2n) is 17.1. The van der Waals surface area contributed by atoms with Crippen molar-refractivity contribution in [2.75, 3.05) is 26.2 Å². The monoisotopic (exact) mass is 688 g/mol. The molecule has 8 heteroatoms. The van der Waals surface area contributed by atoms with E-state index in [1.807, 2.05) is 47.1 Å². The van der Waals surface area contributed by atoms with Crippen molar-refractivity contribution in [3.63, 3.8) is 0 Å². The first-order valence-electron chi connectivity index (χ1n) is 19.4. The minimum Gasteiger partial charge on any atom is -0.463 e. The van der Waals surface area contributed by atoms with Crippen molar-refractivity contribution in [1.82, 2.24) is 9.80 Å². The molecular formula is C42H60N2O6. The molecule has 0 aromatic heterocycles. The molecule has 1 saturated heterocycles. The molecule has 4 saturated carbocycles. The van der Waals surface area contributed by atoms with Crippen LogP contribution in [0.25, 0.3) is 6.08 Å². The van der Waals surface area contributed by atoms with Crippen LogP contribution in [0.15, 0.2) is 30.3 Å². The summed E-state index contributed by atoms with van der Waals surface area (Å²) in [5, 5.41) is 0. The number of fused-ring (bicyclic) bond motifs is 5. The van der Waals surface area contributed by atoms with Crippen LogP contribution >= 0.6 is 0 Å². The van der Waals surface area contributed by atoms with Gasteiger partial charge >= 0.3 is 11.9 Å². The highest BCUT2D eigenvalue weighted by molar-refractivity contribution is 5.92. The molecule has 1 aromatic rings. The lowest BCUT2D eigenvalue weighted by Crippen LogP contribution is -2.59. The molecule has 4 aliphatic carbocycles. The van der Waals surface area contributed by atoms with Gasteiger partial charge in [-0.05, 0) is 117 Å². The highest BCUT2D eigenvalue weighted by atomic mass is 16.5. The molecule has 0 spiro atoms. The van der Waals surface area contributed by atoms with Gasteiger partial charge in [0.2, 0.25) is 11.8 Å². The third kappa shape index (κ3) is 7.41. The van der Waals surface area contributed by atoms with Crippen LogP contribution in [0.4, 0.5) is 0 Å². The molecule has 1 heterocycles. The van der Waals surface area contributed by atoms with Gasteiger partial charge in [-0.15, -0.1) is 0 Å². The summed E-state index contributed by atoms with van der Waals surface area (Å²) < 4.78 is 11.9. The maximum absolute atomic E-state index is 13.4. The summed E-state index contributed by atoms with van der Waals surface area (Å²) in [6, 6.07) is 8.11. The average molecular weight is 689 g/mol. The normalized spacial score (nSPS) is 35.8. The molecule has 5 fully saturated rings. The van der Waals surface area contributed by atoms with Gasteiger partial charge in [0, 0.05) is 58.4 Å². The van der Waals surface area contributed by atoms with E-state index in [-0.39, 0.29) is 46.8 Å². The van der Waals surface area contributed by atoms with Gasteiger partial charge in [-0.3, -0.25) is 19.2 Å². The van der Waals surface area contributed by atoms with Crippen LogP contribution in [-0.4, -0.2) is 71.9 Å². The number of hydrogen-bond acceptors (Lipinski definition) is 6. The van der Waals surface area contributed by atoms with Crippen molar-refractivity contribution in [2.45, 2.75) is 118 Å². The molecule has 0 N–H and O–H groups in total. The number of hydrogen-bond donors (Lipinski definition) is 0. The molecule has 10 atom stereocenters. The Bertz CT molecular complexity index is 1450. The predicted molar refractivity (Wildman–Crippen MR) is 193 cm³/mol. The van der Waals surface area contributed by atoms with Crippen molar-refractivity contribution in [3.05, 3.63) is 41.5 Å². The molecular weight excluding hydrogens is 628 g/mol. The van der Waals surface area contributed by atoms with Gasteiger partial charge in [0.1, 0.15) is 12.2 Å². The minimum atomic E-state index is -0.206. The Labute approximate surface area is 299 Å². The Kier molecular flexibility index (Phi) is 10.9. The van der Waals surface area contributed by atoms with Crippen molar-refractivity contribution < 1.29 is 28.7 Å². The maximum atomic E-state index is 13.4. The second-order valence-corrected chi connectivity index (χ2v) is 17.1. The zero-order valence-corrected chi connectivity index (χ0v) is 31.3. The highest BCUT2D eigenvalue weighted by Gasteiger charge is 2.64. The first-order chi connectivity index (χ1) is 23.8. The van der Waals surface area contributed by atoms with Crippen LogP contribution < -0.4 is 0 Å². The summed E-state index contributed by atoms with van der Waals surface area (Å²) >= 11 is 0. The Morgan fingerprint density at radius 1 is 0.840 bits per heavy atom. The zero-order valence-electron chi connectivity index (χ0n) is 31.3. The van der Waals surface area contributed by atoms with Crippen LogP contribution in [0.5, 0.6) is 0 Å². The van der Waals surface area contributed by atoms with Gasteiger partial charge in [-0.2, -0.15) is 0 Å². The number of esters is 2. The van der Waals surface area contributed by atoms with Gasteiger partial charge in [-0.25, -0.2) is 0 Å². The van der Waals surface area contributed by atoms with Crippen molar-refractivity contribution in [1.29, 1.82) is 0 Å². The lowest BCUT2D eigenvalue weighted by Gasteiger charge is -2.62. The molecule has 0 unspecified atom stereocenters. The lowest BCUT2D eigenvalue weighted by molar-refractivity contribution is -0.197. The summed E-state index contributed by atoms with van der Waals surface area (Å²) in [4.78, 5) is 54.2. The van der Waals surface area contributed by atoms with Gasteiger partial charge in [0.25, 0.3) is 0 Å². The van der Waals surface area contributed by atoms with Crippen molar-refractivity contribution in [2.24, 2.45) is 46.3 Å². The number of carbonyl (C=O) groups excluding carboxylic acids is 4. The van der Waals surface area contributed by atoms with Crippen LogP contribution in [0.2, 0.25) is 0 Å². The highest BCUT2D eigenvalue weighted by Crippen LogP contribution is 2.69. The van der Waals surface area contributed by atoms with Crippen molar-refractivity contribution >= 4 is 29.8 Å². The molecule has 50 heavy (non-hydrogen) atoms. The Morgan fingerprint density at radius 3 is 2.16 bits per heavy atom. The molecule has 5 aliphatic rings. The number of nitrogens with zero attached hydrogens (tertiary/aromatic N) is 2. The largest absolute Gasteiger partial charge is 0.463 e. The van der Waals surface area contributed by atoms with Gasteiger partial charge in [0.05, 0.1) is 0 Å². The first kappa shape index (κ1) is 36.6. The Balaban J connectivity index is 1.04. The third-order valence-electron chi connectivity index (χ3n) is 14.3. The number of benzene rings is 1. The minimum absolute atomic E-state index is 0.00171. The number of amides is 2. The smallest absolute Gasteiger partial charge is 0.302 e. The summed E-state index contributed by atoms with van der Waals surface area (Å²) in [6.45, 7) is 14.7.